The fourth-order valence-electron chi connectivity index (χ4n) is 2.80. The molecule has 5 heteroatoms. The minimum Gasteiger partial charge on any atom is -0.337 e. The molecule has 2 aromatic rings. The van der Waals surface area contributed by atoms with Gasteiger partial charge in [-0.2, -0.15) is 0 Å². The highest BCUT2D eigenvalue weighted by Gasteiger charge is 2.31. The number of benzene rings is 1. The van der Waals surface area contributed by atoms with Gasteiger partial charge >= 0.3 is 6.03 Å². The number of hydrogen-bond acceptors (Lipinski definition) is 2. The maximum atomic E-state index is 12.2. The lowest BCUT2D eigenvalue weighted by Gasteiger charge is -2.35. The van der Waals surface area contributed by atoms with Crippen LogP contribution in [-0.2, 0) is 19.0 Å². The fraction of sp³-hybridized carbons (Fsp3) is 0.444. The van der Waals surface area contributed by atoms with E-state index < -0.39 is 0 Å². The molecule has 0 spiro atoms. The minimum atomic E-state index is -0.163. The number of carbonyl (C=O) groups excluding carboxylic acids is 1. The molecule has 1 aromatic heterocycles. The fourth-order valence-corrected chi connectivity index (χ4v) is 2.80. The van der Waals surface area contributed by atoms with Gasteiger partial charge in [-0.05, 0) is 12.0 Å². The van der Waals surface area contributed by atoms with E-state index in [9.17, 15) is 4.79 Å². The van der Waals surface area contributed by atoms with E-state index in [1.807, 2.05) is 36.0 Å². The van der Waals surface area contributed by atoms with Crippen molar-refractivity contribution in [1.82, 2.24) is 20.2 Å². The van der Waals surface area contributed by atoms with Crippen LogP contribution < -0.4 is 10.6 Å². The summed E-state index contributed by atoms with van der Waals surface area (Å²) in [5.41, 5.74) is 1.08. The van der Waals surface area contributed by atoms with Crippen molar-refractivity contribution in [1.29, 1.82) is 0 Å². The van der Waals surface area contributed by atoms with Gasteiger partial charge in [0.2, 0.25) is 0 Å². The molecule has 1 heterocycles. The van der Waals surface area contributed by atoms with Crippen LogP contribution in [0.3, 0.4) is 0 Å². The molecular weight excluding hydrogens is 288 g/mol. The first-order valence-corrected chi connectivity index (χ1v) is 8.01. The summed E-state index contributed by atoms with van der Waals surface area (Å²) in [4.78, 5) is 16.4. The maximum absolute atomic E-state index is 12.2. The third-order valence-corrected chi connectivity index (χ3v) is 4.43. The molecule has 0 saturated carbocycles. The SMILES string of the molecule is CC[C@@H](NC(=O)NCc1nccn1C)C(C)(C)c1ccccc1. The summed E-state index contributed by atoms with van der Waals surface area (Å²) in [6, 6.07) is 10.2. The number of urea groups is 1. The number of rotatable bonds is 6. The zero-order valence-electron chi connectivity index (χ0n) is 14.3. The Morgan fingerprint density at radius 1 is 1.30 bits per heavy atom. The summed E-state index contributed by atoms with van der Waals surface area (Å²) in [5, 5.41) is 5.98. The Bertz CT molecular complexity index is 633. The van der Waals surface area contributed by atoms with E-state index in [-0.39, 0.29) is 17.5 Å². The monoisotopic (exact) mass is 314 g/mol. The van der Waals surface area contributed by atoms with Crippen molar-refractivity contribution in [2.75, 3.05) is 0 Å². The molecule has 0 unspecified atom stereocenters. The zero-order chi connectivity index (χ0) is 16.9. The molecule has 1 atom stereocenters. The van der Waals surface area contributed by atoms with E-state index in [1.165, 1.54) is 5.56 Å². The van der Waals surface area contributed by atoms with E-state index in [0.29, 0.717) is 6.54 Å². The van der Waals surface area contributed by atoms with Gasteiger partial charge < -0.3 is 15.2 Å². The highest BCUT2D eigenvalue weighted by atomic mass is 16.2. The lowest BCUT2D eigenvalue weighted by molar-refractivity contribution is 0.227. The Morgan fingerprint density at radius 2 is 2.00 bits per heavy atom. The summed E-state index contributed by atoms with van der Waals surface area (Å²) in [6.45, 7) is 6.83. The molecule has 0 radical (unpaired) electrons. The average molecular weight is 314 g/mol. The van der Waals surface area contributed by atoms with Crippen LogP contribution in [0.5, 0.6) is 0 Å². The quantitative estimate of drug-likeness (QED) is 0.861. The van der Waals surface area contributed by atoms with Gasteiger partial charge in [-0.25, -0.2) is 9.78 Å². The van der Waals surface area contributed by atoms with Gasteiger partial charge in [0.25, 0.3) is 0 Å². The third-order valence-electron chi connectivity index (χ3n) is 4.43. The van der Waals surface area contributed by atoms with Crippen molar-refractivity contribution in [2.24, 2.45) is 7.05 Å². The van der Waals surface area contributed by atoms with Gasteiger partial charge in [0, 0.05) is 30.9 Å². The summed E-state index contributed by atoms with van der Waals surface area (Å²) in [7, 11) is 1.91. The maximum Gasteiger partial charge on any atom is 0.315 e. The molecule has 2 rings (SSSR count). The van der Waals surface area contributed by atoms with Crippen LogP contribution in [0.15, 0.2) is 42.7 Å². The lowest BCUT2D eigenvalue weighted by Crippen LogP contribution is -2.50. The van der Waals surface area contributed by atoms with E-state index in [0.717, 1.165) is 12.2 Å². The van der Waals surface area contributed by atoms with Gasteiger partial charge in [-0.3, -0.25) is 0 Å². The Morgan fingerprint density at radius 3 is 2.57 bits per heavy atom. The summed E-state index contributed by atoms with van der Waals surface area (Å²) < 4.78 is 1.89. The molecule has 124 valence electrons. The normalized spacial score (nSPS) is 12.7. The molecular formula is C18H26N4O. The number of amides is 2. The Kier molecular flexibility index (Phi) is 5.42. The van der Waals surface area contributed by atoms with E-state index >= 15 is 0 Å². The highest BCUT2D eigenvalue weighted by molar-refractivity contribution is 5.74. The molecule has 0 fully saturated rings. The predicted molar refractivity (Wildman–Crippen MR) is 92.1 cm³/mol. The van der Waals surface area contributed by atoms with Gasteiger partial charge in [0.05, 0.1) is 6.54 Å². The molecule has 0 saturated heterocycles. The topological polar surface area (TPSA) is 59.0 Å². The summed E-state index contributed by atoms with van der Waals surface area (Å²) in [5.74, 6) is 0.829. The second-order valence-electron chi connectivity index (χ2n) is 6.33. The van der Waals surface area contributed by atoms with Crippen molar-refractivity contribution in [2.45, 2.75) is 45.2 Å². The van der Waals surface area contributed by atoms with Crippen LogP contribution in [0, 0.1) is 0 Å². The second kappa shape index (κ2) is 7.31. The number of aromatic nitrogens is 2. The van der Waals surface area contributed by atoms with E-state index in [4.69, 9.17) is 0 Å². The number of nitrogens with one attached hydrogen (secondary N) is 2. The van der Waals surface area contributed by atoms with Crippen molar-refractivity contribution < 1.29 is 4.79 Å². The van der Waals surface area contributed by atoms with Crippen molar-refractivity contribution in [3.63, 3.8) is 0 Å². The van der Waals surface area contributed by atoms with Crippen molar-refractivity contribution in [3.05, 3.63) is 54.1 Å². The molecule has 0 aliphatic heterocycles. The van der Waals surface area contributed by atoms with E-state index in [2.05, 4.69) is 48.5 Å². The van der Waals surface area contributed by atoms with Crippen LogP contribution in [0.4, 0.5) is 4.79 Å². The van der Waals surface area contributed by atoms with Crippen LogP contribution >= 0.6 is 0 Å². The van der Waals surface area contributed by atoms with Crippen LogP contribution in [0.25, 0.3) is 0 Å². The lowest BCUT2D eigenvalue weighted by atomic mass is 9.76. The van der Waals surface area contributed by atoms with Crippen molar-refractivity contribution >= 4 is 6.03 Å². The van der Waals surface area contributed by atoms with Crippen molar-refractivity contribution in [3.8, 4) is 0 Å². The predicted octanol–water partition coefficient (Wildman–Crippen LogP) is 2.98. The number of hydrogen-bond donors (Lipinski definition) is 2. The van der Waals surface area contributed by atoms with Gasteiger partial charge in [-0.1, -0.05) is 51.1 Å². The Balaban J connectivity index is 1.98. The van der Waals surface area contributed by atoms with Gasteiger partial charge in [0.1, 0.15) is 5.82 Å². The summed E-state index contributed by atoms with van der Waals surface area (Å²) in [6.07, 6.45) is 4.45. The largest absolute Gasteiger partial charge is 0.337 e. The first kappa shape index (κ1) is 17.1. The molecule has 0 bridgehead atoms. The number of imidazole rings is 1. The second-order valence-corrected chi connectivity index (χ2v) is 6.33. The van der Waals surface area contributed by atoms with E-state index in [1.54, 1.807) is 6.20 Å². The van der Waals surface area contributed by atoms with Crippen LogP contribution in [0.2, 0.25) is 0 Å². The Hall–Kier alpha value is -2.30. The summed E-state index contributed by atoms with van der Waals surface area (Å²) >= 11 is 0. The minimum absolute atomic E-state index is 0.0475. The smallest absolute Gasteiger partial charge is 0.315 e. The first-order valence-electron chi connectivity index (χ1n) is 8.01. The number of nitrogens with zero attached hydrogens (tertiary/aromatic N) is 2. The molecule has 1 aromatic carbocycles. The third kappa shape index (κ3) is 4.12. The number of carbonyl (C=O) groups is 1. The van der Waals surface area contributed by atoms with Crippen LogP contribution in [0.1, 0.15) is 38.6 Å². The molecule has 2 N–H and O–H groups in total. The highest BCUT2D eigenvalue weighted by Crippen LogP contribution is 2.28. The zero-order valence-corrected chi connectivity index (χ0v) is 14.3. The average Bonchev–Trinajstić information content (AvgIpc) is 2.96. The molecule has 0 aliphatic rings. The van der Waals surface area contributed by atoms with Gasteiger partial charge in [-0.15, -0.1) is 0 Å². The number of aryl methyl sites for hydroxylation is 1. The molecule has 5 nitrogen and oxygen atoms in total. The van der Waals surface area contributed by atoms with Crippen LogP contribution in [-0.4, -0.2) is 21.6 Å². The molecule has 0 aliphatic carbocycles. The molecule has 2 amide bonds. The first-order chi connectivity index (χ1) is 10.9. The van der Waals surface area contributed by atoms with Gasteiger partial charge in [0.15, 0.2) is 0 Å². The standard InChI is InChI=1S/C18H26N4O/c1-5-15(18(2,3)14-9-7-6-8-10-14)21-17(23)20-13-16-19-11-12-22(16)4/h6-12,15H,5,13H2,1-4H3,(H2,20,21,23)/t15-/m1/s1. The Labute approximate surface area is 138 Å². The molecule has 23 heavy (non-hydrogen) atoms.